The molecule has 0 bridgehead atoms. The first-order valence-corrected chi connectivity index (χ1v) is 4.23. The Morgan fingerprint density at radius 2 is 0.812 bits per heavy atom. The molecule has 0 aliphatic carbocycles. The zero-order valence-electron chi connectivity index (χ0n) is 8.68. The van der Waals surface area contributed by atoms with Crippen molar-refractivity contribution in [3.8, 4) is 11.5 Å². The van der Waals surface area contributed by atoms with E-state index >= 15 is 0 Å². The number of para-hydroxylation sites is 2. The van der Waals surface area contributed by atoms with E-state index in [-0.39, 0.29) is 34.7 Å². The van der Waals surface area contributed by atoms with Gasteiger partial charge >= 0.3 is 17.1 Å². The molecule has 0 fully saturated rings. The van der Waals surface area contributed by atoms with E-state index in [1.807, 2.05) is 12.1 Å². The minimum atomic E-state index is 0. The van der Waals surface area contributed by atoms with E-state index in [9.17, 15) is 10.2 Å². The van der Waals surface area contributed by atoms with Gasteiger partial charge in [-0.1, -0.05) is 60.7 Å². The maximum absolute atomic E-state index is 10.3. The molecular formula is C12H13MnNO2. The molecule has 1 radical (unpaired) electrons. The number of hydrogen-bond acceptors (Lipinski definition) is 3. The molecule has 0 amide bonds. The molecular weight excluding hydrogens is 245 g/mol. The third kappa shape index (κ3) is 7.88. The van der Waals surface area contributed by atoms with Gasteiger partial charge in [0.15, 0.2) is 0 Å². The summed E-state index contributed by atoms with van der Waals surface area (Å²) in [6, 6.07) is 16.7. The molecule has 2 aromatic carbocycles. The molecule has 0 aliphatic rings. The minimum absolute atomic E-state index is 0. The van der Waals surface area contributed by atoms with Crippen LogP contribution in [0, 0.1) is 0 Å². The summed E-state index contributed by atoms with van der Waals surface area (Å²) in [6.45, 7) is 0. The molecule has 0 aromatic heterocycles. The second-order valence-corrected chi connectivity index (χ2v) is 2.63. The van der Waals surface area contributed by atoms with Gasteiger partial charge in [0.05, 0.1) is 0 Å². The first kappa shape index (κ1) is 16.9. The van der Waals surface area contributed by atoms with Gasteiger partial charge in [-0.05, 0) is 0 Å². The maximum atomic E-state index is 10.3. The van der Waals surface area contributed by atoms with Gasteiger partial charge in [0.2, 0.25) is 0 Å². The Hall–Kier alpha value is -1.48. The van der Waals surface area contributed by atoms with Gasteiger partial charge in [-0.25, -0.2) is 0 Å². The van der Waals surface area contributed by atoms with Crippen LogP contribution in [0.5, 0.6) is 11.5 Å². The molecule has 3 N–H and O–H groups in total. The first-order chi connectivity index (χ1) is 6.79. The van der Waals surface area contributed by atoms with Crippen molar-refractivity contribution in [1.29, 1.82) is 0 Å². The van der Waals surface area contributed by atoms with Gasteiger partial charge < -0.3 is 16.4 Å². The van der Waals surface area contributed by atoms with Crippen LogP contribution in [0.1, 0.15) is 0 Å². The molecule has 85 valence electrons. The van der Waals surface area contributed by atoms with Crippen molar-refractivity contribution >= 4 is 0 Å². The van der Waals surface area contributed by atoms with Crippen molar-refractivity contribution in [3.63, 3.8) is 0 Å². The van der Waals surface area contributed by atoms with Gasteiger partial charge in [0.25, 0.3) is 0 Å². The Morgan fingerprint density at radius 1 is 0.562 bits per heavy atom. The zero-order valence-corrected chi connectivity index (χ0v) is 9.86. The minimum Gasteiger partial charge on any atom is -0.872 e. The molecule has 0 saturated carbocycles. The molecule has 4 heteroatoms. The van der Waals surface area contributed by atoms with Crippen molar-refractivity contribution in [2.75, 3.05) is 0 Å². The fourth-order valence-electron chi connectivity index (χ4n) is 0.841. The zero-order chi connectivity index (χ0) is 10.2. The fourth-order valence-corrected chi connectivity index (χ4v) is 0.841. The van der Waals surface area contributed by atoms with Gasteiger partial charge in [-0.3, -0.25) is 0 Å². The van der Waals surface area contributed by atoms with Crippen molar-refractivity contribution in [2.45, 2.75) is 0 Å². The van der Waals surface area contributed by atoms with Crippen LogP contribution in [0.25, 0.3) is 0 Å². The molecule has 16 heavy (non-hydrogen) atoms. The fraction of sp³-hybridized carbons (Fsp3) is 0. The van der Waals surface area contributed by atoms with Crippen molar-refractivity contribution in [3.05, 3.63) is 60.7 Å². The van der Waals surface area contributed by atoms with Crippen LogP contribution in [-0.2, 0) is 17.1 Å². The Kier molecular flexibility index (Phi) is 10.6. The van der Waals surface area contributed by atoms with E-state index in [1.165, 1.54) is 24.3 Å². The molecule has 0 aliphatic heterocycles. The van der Waals surface area contributed by atoms with Crippen LogP contribution < -0.4 is 16.4 Å². The van der Waals surface area contributed by atoms with E-state index in [4.69, 9.17) is 0 Å². The van der Waals surface area contributed by atoms with E-state index < -0.39 is 0 Å². The van der Waals surface area contributed by atoms with Crippen LogP contribution in [0.15, 0.2) is 60.7 Å². The standard InChI is InChI=1S/2C6H6O.Mn.H3N/c2*7-6-4-2-1-3-5-6;;/h2*1-5,7H;;1H3/q;;+2;/p-2. The normalized spacial score (nSPS) is 7.50. The second kappa shape index (κ2) is 10.1. The summed E-state index contributed by atoms with van der Waals surface area (Å²) in [7, 11) is 0. The van der Waals surface area contributed by atoms with Gasteiger partial charge in [0, 0.05) is 0 Å². The van der Waals surface area contributed by atoms with Gasteiger partial charge in [-0.15, -0.1) is 11.5 Å². The SMILES string of the molecule is N.[Mn+2].[O-]c1ccccc1.[O-]c1ccccc1. The van der Waals surface area contributed by atoms with Crippen LogP contribution in [0.2, 0.25) is 0 Å². The Balaban J connectivity index is 0. The molecule has 0 saturated heterocycles. The summed E-state index contributed by atoms with van der Waals surface area (Å²) >= 11 is 0. The monoisotopic (exact) mass is 258 g/mol. The van der Waals surface area contributed by atoms with Crippen molar-refractivity contribution in [2.24, 2.45) is 0 Å². The number of benzene rings is 2. The average molecular weight is 258 g/mol. The molecule has 0 heterocycles. The van der Waals surface area contributed by atoms with E-state index in [1.54, 1.807) is 24.3 Å². The summed E-state index contributed by atoms with van der Waals surface area (Å²) in [5.41, 5.74) is 0. The van der Waals surface area contributed by atoms with Crippen LogP contribution in [0.4, 0.5) is 0 Å². The quantitative estimate of drug-likeness (QED) is 0.730. The Bertz CT molecular complexity index is 316. The first-order valence-electron chi connectivity index (χ1n) is 4.23. The molecule has 2 aromatic rings. The third-order valence-electron chi connectivity index (χ3n) is 1.49. The van der Waals surface area contributed by atoms with E-state index in [0.717, 1.165) is 0 Å². The summed E-state index contributed by atoms with van der Waals surface area (Å²) < 4.78 is 0. The van der Waals surface area contributed by atoms with E-state index in [0.29, 0.717) is 0 Å². The summed E-state index contributed by atoms with van der Waals surface area (Å²) in [6.07, 6.45) is 0. The van der Waals surface area contributed by atoms with Gasteiger partial charge in [0.1, 0.15) is 0 Å². The van der Waals surface area contributed by atoms with Gasteiger partial charge in [-0.2, -0.15) is 0 Å². The Morgan fingerprint density at radius 3 is 0.938 bits per heavy atom. The molecule has 0 unspecified atom stereocenters. The van der Waals surface area contributed by atoms with Crippen molar-refractivity contribution < 1.29 is 27.3 Å². The largest absolute Gasteiger partial charge is 2.00 e. The number of hydrogen-bond donors (Lipinski definition) is 1. The summed E-state index contributed by atoms with van der Waals surface area (Å²) in [4.78, 5) is 0. The Labute approximate surface area is 106 Å². The van der Waals surface area contributed by atoms with Crippen LogP contribution in [-0.4, -0.2) is 0 Å². The summed E-state index contributed by atoms with van der Waals surface area (Å²) in [5.74, 6) is 0.144. The molecule has 0 atom stereocenters. The van der Waals surface area contributed by atoms with E-state index in [2.05, 4.69) is 0 Å². The predicted molar refractivity (Wildman–Crippen MR) is 56.8 cm³/mol. The van der Waals surface area contributed by atoms with Crippen molar-refractivity contribution in [1.82, 2.24) is 6.15 Å². The second-order valence-electron chi connectivity index (χ2n) is 2.63. The molecule has 0 spiro atoms. The maximum Gasteiger partial charge on any atom is 2.00 e. The topological polar surface area (TPSA) is 81.1 Å². The average Bonchev–Trinajstić information content (AvgIpc) is 2.21. The van der Waals surface area contributed by atoms with Crippen LogP contribution >= 0.6 is 0 Å². The summed E-state index contributed by atoms with van der Waals surface area (Å²) in [5, 5.41) is 20.5. The third-order valence-corrected chi connectivity index (χ3v) is 1.49. The predicted octanol–water partition coefficient (Wildman–Crippen LogP) is 1.68. The number of rotatable bonds is 0. The van der Waals surface area contributed by atoms with Crippen LogP contribution in [0.3, 0.4) is 0 Å². The molecule has 2 rings (SSSR count). The molecule has 3 nitrogen and oxygen atoms in total. The smallest absolute Gasteiger partial charge is 0.872 e.